The standard InChI is InChI=1S/C22H14BrNO5/c23-13-5-8-17-16(10-13)20(26)18-19(12-3-6-14(25)7-4-12)24(22(27)21(18)29-17)11-15-2-1-9-28-15/h1-10,19,25H,11H2/t19-/m0/s1. The van der Waals surface area contributed by atoms with Crippen molar-refractivity contribution in [1.82, 2.24) is 4.90 Å². The summed E-state index contributed by atoms with van der Waals surface area (Å²) in [6, 6.07) is 14.4. The molecule has 29 heavy (non-hydrogen) atoms. The van der Waals surface area contributed by atoms with Crippen LogP contribution in [0.3, 0.4) is 0 Å². The molecule has 0 spiro atoms. The van der Waals surface area contributed by atoms with Crippen LogP contribution < -0.4 is 5.43 Å². The van der Waals surface area contributed by atoms with Crippen LogP contribution in [-0.2, 0) is 6.54 Å². The third-order valence-corrected chi connectivity index (χ3v) is 5.54. The molecule has 2 aromatic heterocycles. The van der Waals surface area contributed by atoms with Gasteiger partial charge in [-0.3, -0.25) is 9.59 Å². The minimum atomic E-state index is -0.650. The Morgan fingerprint density at radius 2 is 1.86 bits per heavy atom. The molecular formula is C22H14BrNO5. The lowest BCUT2D eigenvalue weighted by molar-refractivity contribution is 0.0701. The number of amides is 1. The van der Waals surface area contributed by atoms with Gasteiger partial charge in [0.05, 0.1) is 29.8 Å². The number of rotatable bonds is 3. The van der Waals surface area contributed by atoms with Crippen molar-refractivity contribution >= 4 is 32.8 Å². The largest absolute Gasteiger partial charge is 0.508 e. The minimum absolute atomic E-state index is 0.0365. The molecule has 3 heterocycles. The highest BCUT2D eigenvalue weighted by Crippen LogP contribution is 2.39. The number of carbonyl (C=O) groups excluding carboxylic acids is 1. The highest BCUT2D eigenvalue weighted by molar-refractivity contribution is 9.10. The van der Waals surface area contributed by atoms with Crippen LogP contribution in [0.15, 0.2) is 79.0 Å². The van der Waals surface area contributed by atoms with Gasteiger partial charge < -0.3 is 18.8 Å². The van der Waals surface area contributed by atoms with Crippen molar-refractivity contribution in [2.75, 3.05) is 0 Å². The number of nitrogens with zero attached hydrogens (tertiary/aromatic N) is 1. The lowest BCUT2D eigenvalue weighted by atomic mass is 9.98. The molecule has 1 aliphatic heterocycles. The summed E-state index contributed by atoms with van der Waals surface area (Å²) < 4.78 is 12.1. The number of hydrogen-bond acceptors (Lipinski definition) is 5. The SMILES string of the molecule is O=C1c2oc3ccc(Br)cc3c(=O)c2[C@H](c2ccc(O)cc2)N1Cc1ccco1. The molecule has 0 aliphatic carbocycles. The highest BCUT2D eigenvalue weighted by Gasteiger charge is 2.43. The number of carbonyl (C=O) groups is 1. The number of hydrogen-bond donors (Lipinski definition) is 1. The fourth-order valence-corrected chi connectivity index (χ4v) is 4.09. The number of benzene rings is 2. The van der Waals surface area contributed by atoms with E-state index in [9.17, 15) is 14.7 Å². The van der Waals surface area contributed by atoms with Crippen LogP contribution in [-0.4, -0.2) is 15.9 Å². The average molecular weight is 452 g/mol. The molecule has 1 amide bonds. The van der Waals surface area contributed by atoms with E-state index in [4.69, 9.17) is 8.83 Å². The Hall–Kier alpha value is -3.32. The Morgan fingerprint density at radius 1 is 1.07 bits per heavy atom. The molecule has 0 fully saturated rings. The van der Waals surface area contributed by atoms with Gasteiger partial charge in [0, 0.05) is 4.47 Å². The number of halogens is 1. The van der Waals surface area contributed by atoms with Gasteiger partial charge in [-0.2, -0.15) is 0 Å². The second-order valence-corrected chi connectivity index (χ2v) is 7.74. The molecule has 5 rings (SSSR count). The van der Waals surface area contributed by atoms with Gasteiger partial charge in [-0.25, -0.2) is 0 Å². The third-order valence-electron chi connectivity index (χ3n) is 5.04. The van der Waals surface area contributed by atoms with E-state index in [2.05, 4.69) is 15.9 Å². The van der Waals surface area contributed by atoms with E-state index >= 15 is 0 Å². The molecule has 0 saturated heterocycles. The molecule has 1 aliphatic rings. The van der Waals surface area contributed by atoms with E-state index in [0.29, 0.717) is 22.3 Å². The summed E-state index contributed by atoms with van der Waals surface area (Å²) in [5.74, 6) is 0.353. The van der Waals surface area contributed by atoms with Crippen molar-refractivity contribution < 1.29 is 18.7 Å². The first kappa shape index (κ1) is 17.8. The maximum atomic E-state index is 13.4. The predicted octanol–water partition coefficient (Wildman–Crippen LogP) is 4.60. The molecular weight excluding hydrogens is 438 g/mol. The molecule has 7 heteroatoms. The summed E-state index contributed by atoms with van der Waals surface area (Å²) in [5.41, 5.74) is 1.09. The molecule has 144 valence electrons. The fourth-order valence-electron chi connectivity index (χ4n) is 3.73. The van der Waals surface area contributed by atoms with Crippen molar-refractivity contribution in [1.29, 1.82) is 0 Å². The van der Waals surface area contributed by atoms with Crippen LogP contribution in [0.1, 0.15) is 33.5 Å². The maximum absolute atomic E-state index is 13.4. The number of phenols is 1. The Bertz CT molecular complexity index is 1290. The lowest BCUT2D eigenvalue weighted by Crippen LogP contribution is -2.29. The van der Waals surface area contributed by atoms with Crippen molar-refractivity contribution in [3.8, 4) is 5.75 Å². The topological polar surface area (TPSA) is 83.9 Å². The normalized spacial score (nSPS) is 15.8. The van der Waals surface area contributed by atoms with Crippen molar-refractivity contribution in [3.63, 3.8) is 0 Å². The Kier molecular flexibility index (Phi) is 4.06. The summed E-state index contributed by atoms with van der Waals surface area (Å²) in [6.07, 6.45) is 1.54. The first-order chi connectivity index (χ1) is 14.0. The summed E-state index contributed by atoms with van der Waals surface area (Å²) in [7, 11) is 0. The molecule has 0 saturated carbocycles. The summed E-state index contributed by atoms with van der Waals surface area (Å²) in [6.45, 7) is 0.182. The van der Waals surface area contributed by atoms with Gasteiger partial charge >= 0.3 is 0 Å². The molecule has 0 unspecified atom stereocenters. The minimum Gasteiger partial charge on any atom is -0.508 e. The van der Waals surface area contributed by atoms with E-state index in [1.165, 1.54) is 18.4 Å². The van der Waals surface area contributed by atoms with Crippen molar-refractivity contribution in [2.45, 2.75) is 12.6 Å². The van der Waals surface area contributed by atoms with Gasteiger partial charge in [-0.05, 0) is 48.0 Å². The smallest absolute Gasteiger partial charge is 0.291 e. The number of fused-ring (bicyclic) bond motifs is 2. The zero-order chi connectivity index (χ0) is 20.1. The fraction of sp³-hybridized carbons (Fsp3) is 0.0909. The van der Waals surface area contributed by atoms with Crippen LogP contribution in [0.2, 0.25) is 0 Å². The highest BCUT2D eigenvalue weighted by atomic mass is 79.9. The van der Waals surface area contributed by atoms with Crippen LogP contribution in [0, 0.1) is 0 Å². The van der Waals surface area contributed by atoms with Crippen LogP contribution in [0.5, 0.6) is 5.75 Å². The van der Waals surface area contributed by atoms with Crippen LogP contribution in [0.4, 0.5) is 0 Å². The zero-order valence-corrected chi connectivity index (χ0v) is 16.5. The molecule has 2 aromatic carbocycles. The Balaban J connectivity index is 1.75. The zero-order valence-electron chi connectivity index (χ0n) is 15.0. The summed E-state index contributed by atoms with van der Waals surface area (Å²) in [4.78, 5) is 28.2. The Morgan fingerprint density at radius 3 is 2.59 bits per heavy atom. The summed E-state index contributed by atoms with van der Waals surface area (Å²) in [5, 5.41) is 10.1. The van der Waals surface area contributed by atoms with Crippen LogP contribution in [0.25, 0.3) is 11.0 Å². The summed E-state index contributed by atoms with van der Waals surface area (Å²) >= 11 is 3.38. The quantitative estimate of drug-likeness (QED) is 0.491. The predicted molar refractivity (Wildman–Crippen MR) is 109 cm³/mol. The van der Waals surface area contributed by atoms with Gasteiger partial charge in [0.2, 0.25) is 5.76 Å². The number of phenolic OH excluding ortho intramolecular Hbond substituents is 1. The molecule has 0 radical (unpaired) electrons. The average Bonchev–Trinajstić information content (AvgIpc) is 3.32. The van der Waals surface area contributed by atoms with E-state index < -0.39 is 6.04 Å². The third kappa shape index (κ3) is 2.86. The van der Waals surface area contributed by atoms with Gasteiger partial charge in [0.1, 0.15) is 17.1 Å². The van der Waals surface area contributed by atoms with Gasteiger partial charge in [-0.15, -0.1) is 0 Å². The molecule has 6 nitrogen and oxygen atoms in total. The molecule has 4 aromatic rings. The molecule has 1 N–H and O–H groups in total. The van der Waals surface area contributed by atoms with Crippen LogP contribution >= 0.6 is 15.9 Å². The monoisotopic (exact) mass is 451 g/mol. The second-order valence-electron chi connectivity index (χ2n) is 6.82. The van der Waals surface area contributed by atoms with E-state index in [1.807, 2.05) is 0 Å². The Labute approximate surface area is 173 Å². The van der Waals surface area contributed by atoms with Crippen molar-refractivity contribution in [3.05, 3.63) is 98.2 Å². The van der Waals surface area contributed by atoms with Gasteiger partial charge in [0.15, 0.2) is 5.43 Å². The van der Waals surface area contributed by atoms with E-state index in [1.54, 1.807) is 47.4 Å². The van der Waals surface area contributed by atoms with E-state index in [0.717, 1.165) is 4.47 Å². The van der Waals surface area contributed by atoms with E-state index in [-0.39, 0.29) is 35.0 Å². The maximum Gasteiger partial charge on any atom is 0.291 e. The second kappa shape index (κ2) is 6.63. The number of furan rings is 1. The first-order valence-corrected chi connectivity index (χ1v) is 9.71. The van der Waals surface area contributed by atoms with Crippen molar-refractivity contribution in [2.24, 2.45) is 0 Å². The number of aromatic hydroxyl groups is 1. The van der Waals surface area contributed by atoms with Gasteiger partial charge in [0.25, 0.3) is 5.91 Å². The molecule has 1 atom stereocenters. The molecule has 0 bridgehead atoms. The first-order valence-electron chi connectivity index (χ1n) is 8.91. The van der Waals surface area contributed by atoms with Gasteiger partial charge in [-0.1, -0.05) is 28.1 Å². The lowest BCUT2D eigenvalue weighted by Gasteiger charge is -2.24.